The highest BCUT2D eigenvalue weighted by Gasteiger charge is 2.15. The molecule has 1 atom stereocenters. The summed E-state index contributed by atoms with van der Waals surface area (Å²) in [5.74, 6) is -1.26. The van der Waals surface area contributed by atoms with Gasteiger partial charge in [-0.25, -0.2) is 0 Å². The SMILES string of the molecule is N#CCCCCC(NCCc1ccc(O)c(O)c1)C(=O)O. The zero-order chi connectivity index (χ0) is 15.7. The van der Waals surface area contributed by atoms with Gasteiger partial charge in [0.1, 0.15) is 6.04 Å². The monoisotopic (exact) mass is 292 g/mol. The molecular formula is C15H20N2O4. The standard InChI is InChI=1S/C15H20N2O4/c16-8-3-1-2-4-12(15(20)21)17-9-7-11-5-6-13(18)14(19)10-11/h5-6,10,12,17-19H,1-4,7,9H2,(H,20,21). The van der Waals surface area contributed by atoms with Gasteiger partial charge in [0.15, 0.2) is 11.5 Å². The van der Waals surface area contributed by atoms with Crippen LogP contribution in [0.5, 0.6) is 11.5 Å². The van der Waals surface area contributed by atoms with E-state index in [2.05, 4.69) is 5.32 Å². The maximum Gasteiger partial charge on any atom is 0.320 e. The van der Waals surface area contributed by atoms with E-state index in [0.717, 1.165) is 5.56 Å². The van der Waals surface area contributed by atoms with Gasteiger partial charge in [0.2, 0.25) is 0 Å². The molecule has 0 radical (unpaired) electrons. The number of carbonyl (C=O) groups is 1. The summed E-state index contributed by atoms with van der Waals surface area (Å²) in [6.45, 7) is 0.458. The Morgan fingerprint density at radius 1 is 1.29 bits per heavy atom. The van der Waals surface area contributed by atoms with Crippen LogP contribution in [0.25, 0.3) is 0 Å². The molecular weight excluding hydrogens is 272 g/mol. The maximum absolute atomic E-state index is 11.1. The molecule has 6 heteroatoms. The van der Waals surface area contributed by atoms with E-state index in [9.17, 15) is 15.0 Å². The van der Waals surface area contributed by atoms with Crippen LogP contribution in [0.1, 0.15) is 31.2 Å². The fourth-order valence-electron chi connectivity index (χ4n) is 1.98. The summed E-state index contributed by atoms with van der Waals surface area (Å²) < 4.78 is 0. The van der Waals surface area contributed by atoms with Crippen molar-refractivity contribution in [3.63, 3.8) is 0 Å². The van der Waals surface area contributed by atoms with E-state index in [1.54, 1.807) is 6.07 Å². The van der Waals surface area contributed by atoms with Crippen molar-refractivity contribution in [2.24, 2.45) is 0 Å². The maximum atomic E-state index is 11.1. The molecule has 0 aliphatic heterocycles. The Balaban J connectivity index is 2.37. The molecule has 1 aromatic rings. The van der Waals surface area contributed by atoms with Crippen LogP contribution in [0.2, 0.25) is 0 Å². The fourth-order valence-corrected chi connectivity index (χ4v) is 1.98. The number of hydrogen-bond acceptors (Lipinski definition) is 5. The van der Waals surface area contributed by atoms with E-state index >= 15 is 0 Å². The minimum Gasteiger partial charge on any atom is -0.504 e. The van der Waals surface area contributed by atoms with Crippen LogP contribution in [0.4, 0.5) is 0 Å². The first-order chi connectivity index (χ1) is 10.0. The van der Waals surface area contributed by atoms with Crippen LogP contribution in [-0.4, -0.2) is 33.9 Å². The van der Waals surface area contributed by atoms with Gasteiger partial charge in [-0.1, -0.05) is 12.5 Å². The average Bonchev–Trinajstić information content (AvgIpc) is 2.45. The lowest BCUT2D eigenvalue weighted by Gasteiger charge is -2.14. The molecule has 0 saturated heterocycles. The summed E-state index contributed by atoms with van der Waals surface area (Å²) in [7, 11) is 0. The largest absolute Gasteiger partial charge is 0.504 e. The van der Waals surface area contributed by atoms with Crippen LogP contribution in [-0.2, 0) is 11.2 Å². The lowest BCUT2D eigenvalue weighted by atomic mass is 10.1. The first kappa shape index (κ1) is 16.8. The van der Waals surface area contributed by atoms with Gasteiger partial charge in [0.05, 0.1) is 6.07 Å². The molecule has 1 aromatic carbocycles. The Labute approximate surface area is 123 Å². The van der Waals surface area contributed by atoms with E-state index in [4.69, 9.17) is 10.4 Å². The van der Waals surface area contributed by atoms with Crippen LogP contribution < -0.4 is 5.32 Å². The molecule has 21 heavy (non-hydrogen) atoms. The third-order valence-corrected chi connectivity index (χ3v) is 3.17. The molecule has 0 spiro atoms. The number of unbranched alkanes of at least 4 members (excludes halogenated alkanes) is 2. The number of hydrogen-bond donors (Lipinski definition) is 4. The Morgan fingerprint density at radius 3 is 2.67 bits per heavy atom. The molecule has 0 bridgehead atoms. The van der Waals surface area contributed by atoms with Crippen molar-refractivity contribution in [2.45, 2.75) is 38.1 Å². The Hall–Kier alpha value is -2.26. The summed E-state index contributed by atoms with van der Waals surface area (Å²) >= 11 is 0. The topological polar surface area (TPSA) is 114 Å². The second kappa shape index (κ2) is 8.82. The van der Waals surface area contributed by atoms with Crippen molar-refractivity contribution < 1.29 is 20.1 Å². The summed E-state index contributed by atoms with van der Waals surface area (Å²) in [6, 6.07) is 5.95. The van der Waals surface area contributed by atoms with E-state index in [1.807, 2.05) is 6.07 Å². The summed E-state index contributed by atoms with van der Waals surface area (Å²) in [6.07, 6.45) is 2.87. The number of phenols is 2. The number of carboxylic acid groups (broad SMARTS) is 1. The number of nitrogens with one attached hydrogen (secondary N) is 1. The predicted octanol–water partition coefficient (Wildman–Crippen LogP) is 1.77. The third kappa shape index (κ3) is 6.15. The third-order valence-electron chi connectivity index (χ3n) is 3.17. The Kier molecular flexibility index (Phi) is 7.05. The lowest BCUT2D eigenvalue weighted by Crippen LogP contribution is -2.37. The molecule has 0 saturated carbocycles. The van der Waals surface area contributed by atoms with E-state index in [0.29, 0.717) is 38.6 Å². The van der Waals surface area contributed by atoms with Gasteiger partial charge in [0.25, 0.3) is 0 Å². The highest BCUT2D eigenvalue weighted by atomic mass is 16.4. The molecule has 0 amide bonds. The number of aromatic hydroxyl groups is 2. The van der Waals surface area contributed by atoms with Gasteiger partial charge < -0.3 is 20.6 Å². The van der Waals surface area contributed by atoms with Gasteiger partial charge >= 0.3 is 5.97 Å². The van der Waals surface area contributed by atoms with Gasteiger partial charge in [-0.05, 0) is 43.5 Å². The fraction of sp³-hybridized carbons (Fsp3) is 0.467. The van der Waals surface area contributed by atoms with Gasteiger partial charge in [-0.3, -0.25) is 4.79 Å². The Bertz CT molecular complexity index is 511. The van der Waals surface area contributed by atoms with Crippen molar-refractivity contribution in [3.8, 4) is 17.6 Å². The zero-order valence-electron chi connectivity index (χ0n) is 11.7. The first-order valence-corrected chi connectivity index (χ1v) is 6.88. The van der Waals surface area contributed by atoms with Crippen molar-refractivity contribution in [3.05, 3.63) is 23.8 Å². The minimum absolute atomic E-state index is 0.174. The van der Waals surface area contributed by atoms with Crippen LogP contribution in [0, 0.1) is 11.3 Å². The Morgan fingerprint density at radius 2 is 2.05 bits per heavy atom. The molecule has 1 rings (SSSR count). The quantitative estimate of drug-likeness (QED) is 0.407. The van der Waals surface area contributed by atoms with Crippen LogP contribution in [0.15, 0.2) is 18.2 Å². The highest BCUT2D eigenvalue weighted by molar-refractivity contribution is 5.73. The van der Waals surface area contributed by atoms with Crippen molar-refractivity contribution in [1.82, 2.24) is 5.32 Å². The number of benzene rings is 1. The number of rotatable bonds is 9. The lowest BCUT2D eigenvalue weighted by molar-refractivity contribution is -0.139. The van der Waals surface area contributed by atoms with Gasteiger partial charge in [-0.15, -0.1) is 0 Å². The molecule has 0 aliphatic carbocycles. The van der Waals surface area contributed by atoms with E-state index < -0.39 is 12.0 Å². The van der Waals surface area contributed by atoms with Crippen molar-refractivity contribution in [1.29, 1.82) is 5.26 Å². The average molecular weight is 292 g/mol. The molecule has 6 nitrogen and oxygen atoms in total. The number of phenolic OH excluding ortho intramolecular Hbond substituents is 2. The van der Waals surface area contributed by atoms with Crippen LogP contribution >= 0.6 is 0 Å². The van der Waals surface area contributed by atoms with E-state index in [1.165, 1.54) is 12.1 Å². The zero-order valence-corrected chi connectivity index (χ0v) is 11.7. The second-order valence-corrected chi connectivity index (χ2v) is 4.82. The molecule has 0 aliphatic rings. The molecule has 0 heterocycles. The smallest absolute Gasteiger partial charge is 0.320 e. The highest BCUT2D eigenvalue weighted by Crippen LogP contribution is 2.24. The molecule has 0 fully saturated rings. The summed E-state index contributed by atoms with van der Waals surface area (Å²) in [5.41, 5.74) is 0.811. The normalized spacial score (nSPS) is 11.8. The van der Waals surface area contributed by atoms with E-state index in [-0.39, 0.29) is 11.5 Å². The summed E-state index contributed by atoms with van der Waals surface area (Å²) in [4.78, 5) is 11.1. The molecule has 1 unspecified atom stereocenters. The van der Waals surface area contributed by atoms with Crippen molar-refractivity contribution in [2.75, 3.05) is 6.54 Å². The number of carboxylic acids is 1. The van der Waals surface area contributed by atoms with Crippen molar-refractivity contribution >= 4 is 5.97 Å². The summed E-state index contributed by atoms with van der Waals surface area (Å²) in [5, 5.41) is 39.1. The molecule has 4 N–H and O–H groups in total. The number of nitrogens with zero attached hydrogens (tertiary/aromatic N) is 1. The number of aliphatic carboxylic acids is 1. The van der Waals surface area contributed by atoms with Gasteiger partial charge in [0, 0.05) is 6.42 Å². The first-order valence-electron chi connectivity index (χ1n) is 6.88. The molecule has 0 aromatic heterocycles. The van der Waals surface area contributed by atoms with Gasteiger partial charge in [-0.2, -0.15) is 5.26 Å². The number of nitriles is 1. The molecule has 114 valence electrons. The second-order valence-electron chi connectivity index (χ2n) is 4.82. The predicted molar refractivity (Wildman–Crippen MR) is 77.0 cm³/mol. The minimum atomic E-state index is -0.902. The van der Waals surface area contributed by atoms with Crippen LogP contribution in [0.3, 0.4) is 0 Å².